The van der Waals surface area contributed by atoms with Crippen molar-refractivity contribution in [2.24, 2.45) is 0 Å². The molecule has 3 aromatic rings. The van der Waals surface area contributed by atoms with Crippen LogP contribution in [0.15, 0.2) is 54.6 Å². The first-order chi connectivity index (χ1) is 12.4. The fourth-order valence-corrected chi connectivity index (χ4v) is 3.02. The average Bonchev–Trinajstić information content (AvgIpc) is 3.03. The summed E-state index contributed by atoms with van der Waals surface area (Å²) in [6.07, 6.45) is 0. The SMILES string of the molecule is O=[N+]([O-])c1cc([N+](=O)[O-])c(Nc2ccc(Nc3ccc(O)cc3)cc2)s1. The zero-order valence-electron chi connectivity index (χ0n) is 13.1. The largest absolute Gasteiger partial charge is 0.508 e. The first-order valence-corrected chi connectivity index (χ1v) is 8.10. The van der Waals surface area contributed by atoms with Gasteiger partial charge in [-0.1, -0.05) is 0 Å². The summed E-state index contributed by atoms with van der Waals surface area (Å²) in [4.78, 5) is 20.6. The third-order valence-electron chi connectivity index (χ3n) is 3.37. The van der Waals surface area contributed by atoms with Gasteiger partial charge in [-0.05, 0) is 59.9 Å². The number of nitrogens with one attached hydrogen (secondary N) is 2. The van der Waals surface area contributed by atoms with E-state index in [1.54, 1.807) is 48.5 Å². The van der Waals surface area contributed by atoms with Crippen LogP contribution >= 0.6 is 11.3 Å². The number of anilines is 4. The minimum Gasteiger partial charge on any atom is -0.508 e. The second-order valence-electron chi connectivity index (χ2n) is 5.19. The molecular weight excluding hydrogens is 360 g/mol. The van der Waals surface area contributed by atoms with Crippen LogP contribution in [-0.2, 0) is 0 Å². The molecule has 1 heterocycles. The van der Waals surface area contributed by atoms with Crippen molar-refractivity contribution >= 4 is 44.1 Å². The van der Waals surface area contributed by atoms with Crippen molar-refractivity contribution in [3.8, 4) is 5.75 Å². The first kappa shape index (κ1) is 17.2. The van der Waals surface area contributed by atoms with E-state index in [2.05, 4.69) is 10.6 Å². The molecule has 26 heavy (non-hydrogen) atoms. The number of nitro groups is 2. The van der Waals surface area contributed by atoms with Crippen LogP contribution in [0.25, 0.3) is 0 Å². The van der Waals surface area contributed by atoms with Gasteiger partial charge in [0.15, 0.2) is 5.00 Å². The van der Waals surface area contributed by atoms with E-state index in [1.807, 2.05) is 0 Å². The molecule has 0 aliphatic carbocycles. The van der Waals surface area contributed by atoms with Crippen molar-refractivity contribution in [1.29, 1.82) is 0 Å². The van der Waals surface area contributed by atoms with Crippen molar-refractivity contribution in [1.82, 2.24) is 0 Å². The summed E-state index contributed by atoms with van der Waals surface area (Å²) < 4.78 is 0. The molecule has 9 nitrogen and oxygen atoms in total. The molecule has 0 saturated heterocycles. The molecular formula is C16H12N4O5S. The maximum absolute atomic E-state index is 11.1. The summed E-state index contributed by atoms with van der Waals surface area (Å²) >= 11 is 0.708. The molecule has 0 fully saturated rings. The number of phenolic OH excluding ortho intramolecular Hbond substituents is 1. The van der Waals surface area contributed by atoms with Crippen LogP contribution in [-0.4, -0.2) is 15.0 Å². The van der Waals surface area contributed by atoms with Crippen LogP contribution in [0.4, 0.5) is 32.8 Å². The van der Waals surface area contributed by atoms with Gasteiger partial charge in [-0.3, -0.25) is 20.2 Å². The van der Waals surface area contributed by atoms with E-state index in [0.717, 1.165) is 17.4 Å². The molecule has 2 aromatic carbocycles. The zero-order chi connectivity index (χ0) is 18.7. The Labute approximate surface area is 150 Å². The number of hydrogen-bond acceptors (Lipinski definition) is 8. The predicted molar refractivity (Wildman–Crippen MR) is 98.7 cm³/mol. The third kappa shape index (κ3) is 3.87. The van der Waals surface area contributed by atoms with Crippen LogP contribution in [0.1, 0.15) is 0 Å². The Bertz CT molecular complexity index is 954. The Morgan fingerprint density at radius 1 is 0.808 bits per heavy atom. The number of nitrogens with zero attached hydrogens (tertiary/aromatic N) is 2. The van der Waals surface area contributed by atoms with Gasteiger partial charge in [-0.15, -0.1) is 0 Å². The highest BCUT2D eigenvalue weighted by Gasteiger charge is 2.25. The molecule has 0 bridgehead atoms. The van der Waals surface area contributed by atoms with Crippen molar-refractivity contribution < 1.29 is 15.0 Å². The molecule has 0 spiro atoms. The highest BCUT2D eigenvalue weighted by atomic mass is 32.1. The summed E-state index contributed by atoms with van der Waals surface area (Å²) in [5.41, 5.74) is 1.77. The van der Waals surface area contributed by atoms with Gasteiger partial charge in [0.1, 0.15) is 11.8 Å². The summed E-state index contributed by atoms with van der Waals surface area (Å²) in [6.45, 7) is 0. The molecule has 3 rings (SSSR count). The molecule has 0 unspecified atom stereocenters. The summed E-state index contributed by atoms with van der Waals surface area (Å²) in [5.74, 6) is 0.168. The van der Waals surface area contributed by atoms with E-state index < -0.39 is 9.85 Å². The van der Waals surface area contributed by atoms with Crippen LogP contribution < -0.4 is 10.6 Å². The lowest BCUT2D eigenvalue weighted by molar-refractivity contribution is -0.389. The second kappa shape index (κ2) is 7.07. The molecule has 10 heteroatoms. The monoisotopic (exact) mass is 372 g/mol. The van der Waals surface area contributed by atoms with Gasteiger partial charge in [-0.25, -0.2) is 0 Å². The Morgan fingerprint density at radius 3 is 1.81 bits per heavy atom. The lowest BCUT2D eigenvalue weighted by atomic mass is 10.2. The van der Waals surface area contributed by atoms with Gasteiger partial charge in [0.05, 0.1) is 9.85 Å². The van der Waals surface area contributed by atoms with E-state index in [1.165, 1.54) is 0 Å². The number of rotatable bonds is 6. The van der Waals surface area contributed by atoms with Crippen LogP contribution in [0.2, 0.25) is 0 Å². The first-order valence-electron chi connectivity index (χ1n) is 7.28. The average molecular weight is 372 g/mol. The Balaban J connectivity index is 1.76. The molecule has 3 N–H and O–H groups in total. The summed E-state index contributed by atoms with van der Waals surface area (Å²) in [5, 5.41) is 36.9. The lowest BCUT2D eigenvalue weighted by Gasteiger charge is -2.08. The molecule has 0 atom stereocenters. The molecule has 132 valence electrons. The topological polar surface area (TPSA) is 131 Å². The number of phenols is 1. The molecule has 0 aliphatic heterocycles. The molecule has 0 radical (unpaired) electrons. The maximum atomic E-state index is 11.1. The molecule has 0 saturated carbocycles. The number of aromatic hydroxyl groups is 1. The fourth-order valence-electron chi connectivity index (χ4n) is 2.16. The van der Waals surface area contributed by atoms with Crippen LogP contribution in [0.3, 0.4) is 0 Å². The maximum Gasteiger partial charge on any atom is 0.333 e. The zero-order valence-corrected chi connectivity index (χ0v) is 13.9. The van der Waals surface area contributed by atoms with Gasteiger partial charge in [-0.2, -0.15) is 0 Å². The van der Waals surface area contributed by atoms with Gasteiger partial charge in [0, 0.05) is 17.1 Å². The quantitative estimate of drug-likeness (QED) is 0.323. The Kier molecular flexibility index (Phi) is 4.67. The molecule has 0 aliphatic rings. The number of thiophene rings is 1. The van der Waals surface area contributed by atoms with E-state index in [0.29, 0.717) is 17.0 Å². The standard InChI is InChI=1S/C16H12N4O5S/c21-13-7-5-11(6-8-13)17-10-1-3-12(4-2-10)18-16-14(19(22)23)9-15(26-16)20(24)25/h1-9,17-18,21H. The smallest absolute Gasteiger partial charge is 0.333 e. The normalized spacial score (nSPS) is 10.3. The van der Waals surface area contributed by atoms with Gasteiger partial charge in [0.25, 0.3) is 0 Å². The molecule has 1 aromatic heterocycles. The van der Waals surface area contributed by atoms with Crippen LogP contribution in [0.5, 0.6) is 5.75 Å². The highest BCUT2D eigenvalue weighted by Crippen LogP contribution is 2.40. The third-order valence-corrected chi connectivity index (χ3v) is 4.37. The number of benzene rings is 2. The van der Waals surface area contributed by atoms with Crippen molar-refractivity contribution in [2.45, 2.75) is 0 Å². The summed E-state index contributed by atoms with van der Waals surface area (Å²) in [6, 6.07) is 14.4. The highest BCUT2D eigenvalue weighted by molar-refractivity contribution is 7.19. The van der Waals surface area contributed by atoms with E-state index in [4.69, 9.17) is 0 Å². The van der Waals surface area contributed by atoms with Gasteiger partial charge < -0.3 is 15.7 Å². The van der Waals surface area contributed by atoms with Gasteiger partial charge in [0.2, 0.25) is 0 Å². The number of hydrogen-bond donors (Lipinski definition) is 3. The lowest BCUT2D eigenvalue weighted by Crippen LogP contribution is -1.94. The van der Waals surface area contributed by atoms with E-state index in [9.17, 15) is 25.3 Å². The molecule has 0 amide bonds. The minimum atomic E-state index is -0.660. The van der Waals surface area contributed by atoms with Gasteiger partial charge >= 0.3 is 10.7 Å². The summed E-state index contributed by atoms with van der Waals surface area (Å²) in [7, 11) is 0. The Morgan fingerprint density at radius 2 is 1.31 bits per heavy atom. The second-order valence-corrected chi connectivity index (χ2v) is 6.22. The van der Waals surface area contributed by atoms with Crippen molar-refractivity contribution in [2.75, 3.05) is 10.6 Å². The van der Waals surface area contributed by atoms with Crippen molar-refractivity contribution in [3.05, 3.63) is 74.8 Å². The van der Waals surface area contributed by atoms with Crippen LogP contribution in [0, 0.1) is 20.2 Å². The fraction of sp³-hybridized carbons (Fsp3) is 0. The minimum absolute atomic E-state index is 0.0981. The van der Waals surface area contributed by atoms with Crippen molar-refractivity contribution in [3.63, 3.8) is 0 Å². The Hall–Kier alpha value is -3.66. The predicted octanol–water partition coefficient (Wildman–Crippen LogP) is 4.76. The van der Waals surface area contributed by atoms with E-state index in [-0.39, 0.29) is 21.4 Å². The van der Waals surface area contributed by atoms with E-state index >= 15 is 0 Å².